The van der Waals surface area contributed by atoms with E-state index in [2.05, 4.69) is 51.6 Å². The number of carbonyl (C=O) groups excluding carboxylic acids is 1. The van der Waals surface area contributed by atoms with Gasteiger partial charge >= 0.3 is 6.09 Å². The van der Waals surface area contributed by atoms with Gasteiger partial charge in [-0.25, -0.2) is 9.78 Å². The number of alkyl carbamates (subject to hydrolysis) is 1. The summed E-state index contributed by atoms with van der Waals surface area (Å²) in [5.74, 6) is 0.902. The first kappa shape index (κ1) is 23.9. The molecule has 180 valence electrons. The molecule has 4 rings (SSSR count). The lowest BCUT2D eigenvalue weighted by Crippen LogP contribution is -2.44. The lowest BCUT2D eigenvalue weighted by Gasteiger charge is -2.34. The van der Waals surface area contributed by atoms with Crippen molar-refractivity contribution in [2.24, 2.45) is 0 Å². The Labute approximate surface area is 206 Å². The SMILES string of the molecule is [C-]#[N+]c1cnc2c(NCC)nc(Nc3cc(C#N)cc(N4CCC(NC(=O)OC)CC4)c3Cl)nn12. The largest absolute Gasteiger partial charge is 0.453 e. The van der Waals surface area contributed by atoms with Crippen LogP contribution >= 0.6 is 11.6 Å². The van der Waals surface area contributed by atoms with Crippen molar-refractivity contribution in [3.8, 4) is 6.07 Å². The molecule has 0 atom stereocenters. The molecule has 3 aromatic rings. The molecule has 1 aliphatic rings. The van der Waals surface area contributed by atoms with Crippen molar-refractivity contribution < 1.29 is 9.53 Å². The first-order valence-electron chi connectivity index (χ1n) is 10.9. The van der Waals surface area contributed by atoms with Crippen LogP contribution in [0.4, 0.5) is 33.8 Å². The van der Waals surface area contributed by atoms with Gasteiger partial charge in [-0.15, -0.1) is 4.52 Å². The van der Waals surface area contributed by atoms with Crippen LogP contribution in [0.5, 0.6) is 0 Å². The number of methoxy groups -OCH3 is 1. The fraction of sp³-hybridized carbons (Fsp3) is 0.364. The monoisotopic (exact) mass is 494 g/mol. The number of benzene rings is 1. The molecule has 1 saturated heterocycles. The zero-order chi connectivity index (χ0) is 24.9. The Balaban J connectivity index is 1.64. The summed E-state index contributed by atoms with van der Waals surface area (Å²) >= 11 is 6.78. The Kier molecular flexibility index (Phi) is 7.03. The van der Waals surface area contributed by atoms with Crippen LogP contribution in [0.15, 0.2) is 18.3 Å². The molecule has 35 heavy (non-hydrogen) atoms. The molecule has 0 aliphatic carbocycles. The number of amides is 1. The van der Waals surface area contributed by atoms with E-state index in [-0.39, 0.29) is 17.8 Å². The van der Waals surface area contributed by atoms with Gasteiger partial charge in [-0.3, -0.25) is 0 Å². The molecule has 0 bridgehead atoms. The molecule has 1 aromatic carbocycles. The van der Waals surface area contributed by atoms with Crippen LogP contribution < -0.4 is 20.9 Å². The number of nitriles is 1. The summed E-state index contributed by atoms with van der Waals surface area (Å²) in [6, 6.07) is 5.54. The van der Waals surface area contributed by atoms with Crippen LogP contribution in [0.3, 0.4) is 0 Å². The summed E-state index contributed by atoms with van der Waals surface area (Å²) < 4.78 is 6.08. The first-order valence-corrected chi connectivity index (χ1v) is 11.3. The van der Waals surface area contributed by atoms with E-state index < -0.39 is 6.09 Å². The fourth-order valence-electron chi connectivity index (χ4n) is 3.89. The van der Waals surface area contributed by atoms with Gasteiger partial charge in [0.1, 0.15) is 0 Å². The molecule has 0 saturated carbocycles. The second-order valence-electron chi connectivity index (χ2n) is 7.77. The zero-order valence-corrected chi connectivity index (χ0v) is 19.9. The fourth-order valence-corrected chi connectivity index (χ4v) is 4.17. The van der Waals surface area contributed by atoms with Gasteiger partial charge in [-0.2, -0.15) is 10.2 Å². The Hall–Kier alpha value is -4.29. The maximum atomic E-state index is 11.5. The Morgan fingerprint density at radius 1 is 1.40 bits per heavy atom. The molecule has 1 amide bonds. The number of imidazole rings is 1. The van der Waals surface area contributed by atoms with Crippen molar-refractivity contribution in [2.75, 3.05) is 42.3 Å². The summed E-state index contributed by atoms with van der Waals surface area (Å²) in [4.78, 5) is 25.8. The van der Waals surface area contributed by atoms with E-state index in [1.54, 1.807) is 12.1 Å². The third-order valence-corrected chi connectivity index (χ3v) is 5.97. The number of hydrogen-bond acceptors (Lipinski definition) is 9. The van der Waals surface area contributed by atoms with Crippen LogP contribution in [0.25, 0.3) is 10.5 Å². The van der Waals surface area contributed by atoms with Crippen molar-refractivity contribution in [3.63, 3.8) is 0 Å². The van der Waals surface area contributed by atoms with E-state index in [1.165, 1.54) is 17.8 Å². The van der Waals surface area contributed by atoms with E-state index in [4.69, 9.17) is 18.2 Å². The maximum absolute atomic E-state index is 11.5. The molecule has 3 heterocycles. The molecule has 0 radical (unpaired) electrons. The van der Waals surface area contributed by atoms with E-state index >= 15 is 0 Å². The van der Waals surface area contributed by atoms with Crippen LogP contribution in [-0.2, 0) is 4.74 Å². The quantitative estimate of drug-likeness (QED) is 0.438. The van der Waals surface area contributed by atoms with Crippen LogP contribution in [0.1, 0.15) is 25.3 Å². The molecule has 0 spiro atoms. The van der Waals surface area contributed by atoms with Crippen molar-refractivity contribution in [2.45, 2.75) is 25.8 Å². The summed E-state index contributed by atoms with van der Waals surface area (Å²) in [6.45, 7) is 11.2. The number of ether oxygens (including phenoxy) is 1. The smallest absolute Gasteiger partial charge is 0.407 e. The second kappa shape index (κ2) is 10.3. The van der Waals surface area contributed by atoms with Crippen molar-refractivity contribution in [1.82, 2.24) is 24.9 Å². The molecule has 2 aromatic heterocycles. The minimum Gasteiger partial charge on any atom is -0.453 e. The number of fused-ring (bicyclic) bond motifs is 1. The summed E-state index contributed by atoms with van der Waals surface area (Å²) in [6.07, 6.45) is 2.39. The number of halogens is 1. The second-order valence-corrected chi connectivity index (χ2v) is 8.15. The van der Waals surface area contributed by atoms with Gasteiger partial charge in [-0.1, -0.05) is 23.3 Å². The van der Waals surface area contributed by atoms with E-state index in [9.17, 15) is 10.1 Å². The highest BCUT2D eigenvalue weighted by atomic mass is 35.5. The van der Waals surface area contributed by atoms with Crippen molar-refractivity contribution in [3.05, 3.63) is 40.3 Å². The highest BCUT2D eigenvalue weighted by Crippen LogP contribution is 2.37. The average molecular weight is 495 g/mol. The summed E-state index contributed by atoms with van der Waals surface area (Å²) in [5.41, 5.74) is 2.01. The molecule has 12 nitrogen and oxygen atoms in total. The van der Waals surface area contributed by atoms with Crippen LogP contribution in [0, 0.1) is 17.9 Å². The predicted molar refractivity (Wildman–Crippen MR) is 131 cm³/mol. The zero-order valence-electron chi connectivity index (χ0n) is 19.2. The number of nitrogens with zero attached hydrogens (tertiary/aromatic N) is 7. The topological polar surface area (TPSA) is 137 Å². The average Bonchev–Trinajstić information content (AvgIpc) is 3.29. The number of aromatic nitrogens is 4. The molecule has 0 unspecified atom stereocenters. The molecule has 3 N–H and O–H groups in total. The molecule has 1 aliphatic heterocycles. The number of piperidine rings is 1. The van der Waals surface area contributed by atoms with Crippen molar-refractivity contribution in [1.29, 1.82) is 5.26 Å². The van der Waals surface area contributed by atoms with Gasteiger partial charge in [0.05, 0.1) is 41.3 Å². The van der Waals surface area contributed by atoms with E-state index in [0.717, 1.165) is 0 Å². The van der Waals surface area contributed by atoms with Crippen molar-refractivity contribution >= 4 is 52.3 Å². The Bertz CT molecular complexity index is 1330. The van der Waals surface area contributed by atoms with Gasteiger partial charge in [0, 0.05) is 25.7 Å². The first-order chi connectivity index (χ1) is 17.0. The highest BCUT2D eigenvalue weighted by Gasteiger charge is 2.24. The van der Waals surface area contributed by atoms with Gasteiger partial charge in [0.25, 0.3) is 17.4 Å². The molecular weight excluding hydrogens is 472 g/mol. The van der Waals surface area contributed by atoms with E-state index in [0.29, 0.717) is 65.9 Å². The Morgan fingerprint density at radius 3 is 2.83 bits per heavy atom. The number of rotatable bonds is 6. The van der Waals surface area contributed by atoms with Crippen LogP contribution in [-0.4, -0.2) is 58.5 Å². The van der Waals surface area contributed by atoms with Gasteiger partial charge in [0.2, 0.25) is 0 Å². The highest BCUT2D eigenvalue weighted by molar-refractivity contribution is 6.36. The molecule has 1 fully saturated rings. The maximum Gasteiger partial charge on any atom is 0.407 e. The normalized spacial score (nSPS) is 13.7. The Morgan fingerprint density at radius 2 is 2.17 bits per heavy atom. The minimum absolute atomic E-state index is 0.00524. The van der Waals surface area contributed by atoms with E-state index in [1.807, 2.05) is 6.92 Å². The molecular formula is C22H23ClN10O2. The van der Waals surface area contributed by atoms with Gasteiger partial charge in [-0.05, 0) is 31.9 Å². The number of anilines is 4. The third kappa shape index (κ3) is 4.98. The minimum atomic E-state index is -0.451. The standard InChI is InChI=1S/C22H23ClN10O2/c1-4-26-19-20-27-12-17(25-2)33(20)31-21(30-19)29-15-9-13(11-24)10-16(18(15)23)32-7-5-14(6-8-32)28-22(34)35-3/h9-10,12,14H,4-8H2,1,3H3,(H,28,34)(H2,26,29,30,31). The third-order valence-electron chi connectivity index (χ3n) is 5.57. The lowest BCUT2D eigenvalue weighted by atomic mass is 10.0. The predicted octanol–water partition coefficient (Wildman–Crippen LogP) is 3.70. The van der Waals surface area contributed by atoms with Gasteiger partial charge < -0.3 is 30.4 Å². The van der Waals surface area contributed by atoms with Crippen LogP contribution in [0.2, 0.25) is 5.02 Å². The molecule has 13 heteroatoms. The number of nitrogens with one attached hydrogen (secondary N) is 3. The number of hydrogen-bond donors (Lipinski definition) is 3. The number of carbonyl (C=O) groups is 1. The lowest BCUT2D eigenvalue weighted by molar-refractivity contribution is 0.164. The summed E-state index contributed by atoms with van der Waals surface area (Å²) in [7, 11) is 1.34. The summed E-state index contributed by atoms with van der Waals surface area (Å²) in [5, 5.41) is 23.5. The van der Waals surface area contributed by atoms with Gasteiger partial charge in [0.15, 0.2) is 5.82 Å².